The smallest absolute Gasteiger partial charge is 0.309 e. The van der Waals surface area contributed by atoms with E-state index in [9.17, 15) is 23.9 Å². The molecule has 4 atom stereocenters. The molecular formula is C35H47FN2O5. The molecule has 0 bridgehead atoms. The molecule has 0 saturated heterocycles. The quantitative estimate of drug-likeness (QED) is 0.160. The van der Waals surface area contributed by atoms with Gasteiger partial charge in [0.05, 0.1) is 30.5 Å². The maximum absolute atomic E-state index is 13.4. The summed E-state index contributed by atoms with van der Waals surface area (Å²) in [6.45, 7) is 13.0. The average molecular weight is 595 g/mol. The molecular weight excluding hydrogens is 547 g/mol. The lowest BCUT2D eigenvalue weighted by molar-refractivity contribution is -0.151. The molecule has 7 nitrogen and oxygen atoms in total. The van der Waals surface area contributed by atoms with Crippen molar-refractivity contribution in [2.75, 3.05) is 13.2 Å². The predicted molar refractivity (Wildman–Crippen MR) is 167 cm³/mol. The molecule has 0 aliphatic heterocycles. The summed E-state index contributed by atoms with van der Waals surface area (Å²) in [4.78, 5) is 39.4. The summed E-state index contributed by atoms with van der Waals surface area (Å²) in [6.07, 6.45) is 5.54. The van der Waals surface area contributed by atoms with E-state index >= 15 is 0 Å². The van der Waals surface area contributed by atoms with Crippen LogP contribution in [0.25, 0.3) is 0 Å². The van der Waals surface area contributed by atoms with Gasteiger partial charge in [0.15, 0.2) is 0 Å². The van der Waals surface area contributed by atoms with Crippen LogP contribution in [0.2, 0.25) is 0 Å². The van der Waals surface area contributed by atoms with Crippen molar-refractivity contribution < 1.29 is 28.6 Å². The minimum absolute atomic E-state index is 0.0429. The van der Waals surface area contributed by atoms with E-state index in [1.54, 1.807) is 24.3 Å². The number of hydrogen-bond donors (Lipinski definition) is 3. The normalized spacial score (nSPS) is 14.1. The van der Waals surface area contributed by atoms with Gasteiger partial charge in [-0.05, 0) is 60.8 Å². The maximum atomic E-state index is 13.4. The van der Waals surface area contributed by atoms with Gasteiger partial charge in [0.25, 0.3) is 0 Å². The molecule has 234 valence electrons. The fourth-order valence-corrected chi connectivity index (χ4v) is 4.66. The van der Waals surface area contributed by atoms with E-state index in [1.807, 2.05) is 51.1 Å². The summed E-state index contributed by atoms with van der Waals surface area (Å²) in [7, 11) is 0. The van der Waals surface area contributed by atoms with Crippen molar-refractivity contribution in [2.24, 2.45) is 17.3 Å². The third kappa shape index (κ3) is 13.0. The van der Waals surface area contributed by atoms with Gasteiger partial charge in [-0.25, -0.2) is 4.39 Å². The third-order valence-corrected chi connectivity index (χ3v) is 7.37. The lowest BCUT2D eigenvalue weighted by Crippen LogP contribution is -2.50. The van der Waals surface area contributed by atoms with Crippen molar-refractivity contribution in [3.63, 3.8) is 0 Å². The number of allylic oxidation sites excluding steroid dienone is 2. The Bertz CT molecular complexity index is 1180. The minimum Gasteiger partial charge on any atom is -0.463 e. The molecule has 2 amide bonds. The highest BCUT2D eigenvalue weighted by atomic mass is 19.1. The van der Waals surface area contributed by atoms with E-state index in [2.05, 4.69) is 23.8 Å². The largest absolute Gasteiger partial charge is 0.463 e. The Morgan fingerprint density at radius 2 is 1.58 bits per heavy atom. The van der Waals surface area contributed by atoms with Crippen molar-refractivity contribution in [2.45, 2.75) is 71.4 Å². The molecule has 0 aliphatic rings. The lowest BCUT2D eigenvalue weighted by atomic mass is 9.86. The number of amides is 2. The monoisotopic (exact) mass is 594 g/mol. The summed E-state index contributed by atoms with van der Waals surface area (Å²) in [5.41, 5.74) is 1.35. The molecule has 0 heterocycles. The number of aliphatic hydroxyl groups is 1. The fourth-order valence-electron chi connectivity index (χ4n) is 4.66. The van der Waals surface area contributed by atoms with Crippen LogP contribution in [0.15, 0.2) is 79.9 Å². The number of carbonyl (C=O) groups is 3. The molecule has 0 unspecified atom stereocenters. The average Bonchev–Trinajstić information content (AvgIpc) is 2.97. The van der Waals surface area contributed by atoms with Crippen LogP contribution in [-0.2, 0) is 32.0 Å². The van der Waals surface area contributed by atoms with Crippen LogP contribution >= 0.6 is 0 Å². The van der Waals surface area contributed by atoms with Crippen LogP contribution in [0.5, 0.6) is 0 Å². The lowest BCUT2D eigenvalue weighted by Gasteiger charge is -2.32. The number of aliphatic hydroxyl groups excluding tert-OH is 1. The van der Waals surface area contributed by atoms with E-state index < -0.39 is 35.3 Å². The van der Waals surface area contributed by atoms with Crippen LogP contribution in [0, 0.1) is 23.1 Å². The molecule has 0 fully saturated rings. The van der Waals surface area contributed by atoms with Crippen LogP contribution in [0.3, 0.4) is 0 Å². The molecule has 2 aromatic rings. The van der Waals surface area contributed by atoms with Crippen LogP contribution in [-0.4, -0.2) is 48.2 Å². The SMILES string of the molecule is C=CCC[C@@H](Cc1ccc(F)cc1)C(=O)OC[C@@H](NC(=O)[C@@H](CC=C)CC(=O)N[C@@H](CO)Cc1ccccc1)C(C)(C)C. The van der Waals surface area contributed by atoms with Crippen molar-refractivity contribution in [3.05, 3.63) is 96.9 Å². The Kier molecular flexibility index (Phi) is 14.8. The number of hydrogen-bond acceptors (Lipinski definition) is 5. The summed E-state index contributed by atoms with van der Waals surface area (Å²) < 4.78 is 19.1. The molecule has 0 spiro atoms. The Labute approximate surface area is 255 Å². The molecule has 8 heteroatoms. The number of ether oxygens (including phenoxy) is 1. The number of esters is 1. The van der Waals surface area contributed by atoms with E-state index in [0.29, 0.717) is 25.7 Å². The second kappa shape index (κ2) is 18.0. The third-order valence-electron chi connectivity index (χ3n) is 7.37. The van der Waals surface area contributed by atoms with Crippen LogP contribution in [0.4, 0.5) is 4.39 Å². The van der Waals surface area contributed by atoms with Gasteiger partial charge in [-0.2, -0.15) is 0 Å². The van der Waals surface area contributed by atoms with Gasteiger partial charge in [-0.15, -0.1) is 13.2 Å². The van der Waals surface area contributed by atoms with Crippen molar-refractivity contribution in [3.8, 4) is 0 Å². The molecule has 0 aliphatic carbocycles. The van der Waals surface area contributed by atoms with Gasteiger partial charge >= 0.3 is 5.97 Å². The molecule has 2 aromatic carbocycles. The van der Waals surface area contributed by atoms with Gasteiger partial charge in [0.2, 0.25) is 11.8 Å². The summed E-state index contributed by atoms with van der Waals surface area (Å²) in [5.74, 6) is -2.57. The van der Waals surface area contributed by atoms with Gasteiger partial charge in [0, 0.05) is 6.42 Å². The Hall–Kier alpha value is -3.78. The second-order valence-corrected chi connectivity index (χ2v) is 12.0. The van der Waals surface area contributed by atoms with E-state index in [4.69, 9.17) is 4.74 Å². The number of halogens is 1. The summed E-state index contributed by atoms with van der Waals surface area (Å²) in [6, 6.07) is 14.6. The van der Waals surface area contributed by atoms with Gasteiger partial charge in [-0.1, -0.05) is 75.4 Å². The Morgan fingerprint density at radius 3 is 2.16 bits per heavy atom. The highest BCUT2D eigenvalue weighted by Crippen LogP contribution is 2.23. The Morgan fingerprint density at radius 1 is 0.930 bits per heavy atom. The highest BCUT2D eigenvalue weighted by molar-refractivity contribution is 5.86. The zero-order chi connectivity index (χ0) is 31.8. The molecule has 3 N–H and O–H groups in total. The zero-order valence-electron chi connectivity index (χ0n) is 25.7. The number of carbonyl (C=O) groups excluding carboxylic acids is 3. The van der Waals surface area contributed by atoms with Gasteiger partial charge in [-0.3, -0.25) is 14.4 Å². The first-order chi connectivity index (χ1) is 20.5. The standard InChI is InChI=1S/C35H47FN2O5/c1-6-8-15-28(20-26-16-18-29(36)19-17-26)34(42)43-24-31(35(3,4)5)38-33(41)27(12-7-2)22-32(40)37-30(23-39)21-25-13-10-9-11-14-25/h6-7,9-11,13-14,16-19,27-28,30-31,39H,1-2,8,12,15,20-24H2,3-5H3,(H,37,40)(H,38,41)/t27-,28-,30+,31+/m0/s1. The topological polar surface area (TPSA) is 105 Å². The van der Waals surface area contributed by atoms with Crippen molar-refractivity contribution in [1.29, 1.82) is 0 Å². The number of rotatable bonds is 18. The fraction of sp³-hybridized carbons (Fsp3) is 0.457. The molecule has 0 radical (unpaired) electrons. The summed E-state index contributed by atoms with van der Waals surface area (Å²) >= 11 is 0. The number of benzene rings is 2. The first-order valence-corrected chi connectivity index (χ1v) is 14.8. The highest BCUT2D eigenvalue weighted by Gasteiger charge is 2.32. The van der Waals surface area contributed by atoms with E-state index in [1.165, 1.54) is 12.1 Å². The summed E-state index contributed by atoms with van der Waals surface area (Å²) in [5, 5.41) is 15.6. The van der Waals surface area contributed by atoms with Crippen LogP contribution < -0.4 is 10.6 Å². The molecule has 43 heavy (non-hydrogen) atoms. The minimum atomic E-state index is -0.687. The maximum Gasteiger partial charge on any atom is 0.309 e. The molecule has 0 saturated carbocycles. The van der Waals surface area contributed by atoms with Gasteiger partial charge in [0.1, 0.15) is 12.4 Å². The zero-order valence-corrected chi connectivity index (χ0v) is 25.7. The predicted octanol–water partition coefficient (Wildman–Crippen LogP) is 5.33. The molecule has 2 rings (SSSR count). The number of nitrogens with one attached hydrogen (secondary N) is 2. The van der Waals surface area contributed by atoms with Crippen molar-refractivity contribution >= 4 is 17.8 Å². The van der Waals surface area contributed by atoms with Gasteiger partial charge < -0.3 is 20.5 Å². The molecule has 0 aromatic heterocycles. The van der Waals surface area contributed by atoms with E-state index in [-0.39, 0.29) is 43.7 Å². The first kappa shape index (κ1) is 35.4. The Balaban J connectivity index is 2.03. The van der Waals surface area contributed by atoms with E-state index in [0.717, 1.165) is 11.1 Å². The van der Waals surface area contributed by atoms with Crippen LogP contribution in [0.1, 0.15) is 57.6 Å². The second-order valence-electron chi connectivity index (χ2n) is 12.0. The van der Waals surface area contributed by atoms with Crippen molar-refractivity contribution in [1.82, 2.24) is 10.6 Å². The first-order valence-electron chi connectivity index (χ1n) is 14.8.